The molecule has 172 valence electrons. The van der Waals surface area contributed by atoms with Crippen molar-refractivity contribution in [1.29, 1.82) is 5.26 Å². The number of carbonyl (C=O) groups excluding carboxylic acids is 2. The van der Waals surface area contributed by atoms with Crippen LogP contribution >= 0.6 is 11.3 Å². The van der Waals surface area contributed by atoms with Crippen LogP contribution in [0.1, 0.15) is 43.1 Å². The zero-order valence-corrected chi connectivity index (χ0v) is 20.4. The van der Waals surface area contributed by atoms with Crippen molar-refractivity contribution in [3.63, 3.8) is 0 Å². The lowest BCUT2D eigenvalue weighted by Gasteiger charge is -2.08. The molecule has 0 radical (unpaired) electrons. The molecule has 0 bridgehead atoms. The second-order valence-corrected chi connectivity index (χ2v) is 9.87. The lowest BCUT2D eigenvalue weighted by Crippen LogP contribution is -2.03. The third kappa shape index (κ3) is 3.41. The molecule has 2 heterocycles. The number of nitriles is 1. The van der Waals surface area contributed by atoms with Gasteiger partial charge in [0.25, 0.3) is 0 Å². The largest absolute Gasteiger partial charge is 0.294 e. The van der Waals surface area contributed by atoms with Gasteiger partial charge in [-0.15, -0.1) is 11.3 Å². The third-order valence-electron chi connectivity index (χ3n) is 6.56. The van der Waals surface area contributed by atoms with Crippen LogP contribution in [-0.4, -0.2) is 21.1 Å². The molecule has 0 saturated carbocycles. The summed E-state index contributed by atoms with van der Waals surface area (Å²) in [5.74, 6) is -0.484. The molecule has 0 aliphatic heterocycles. The van der Waals surface area contributed by atoms with Crippen molar-refractivity contribution in [3.8, 4) is 22.3 Å². The van der Waals surface area contributed by atoms with E-state index in [9.17, 15) is 9.59 Å². The first-order valence-electron chi connectivity index (χ1n) is 11.4. The lowest BCUT2D eigenvalue weighted by atomic mass is 10.0. The maximum Gasteiger partial charge on any atom is 0.197 e. The summed E-state index contributed by atoms with van der Waals surface area (Å²) in [6.07, 6.45) is 1.69. The van der Waals surface area contributed by atoms with Gasteiger partial charge in [0.15, 0.2) is 17.2 Å². The van der Waals surface area contributed by atoms with Gasteiger partial charge in [0.2, 0.25) is 0 Å². The molecule has 0 amide bonds. The Kier molecular flexibility index (Phi) is 5.03. The van der Waals surface area contributed by atoms with Crippen molar-refractivity contribution in [2.24, 2.45) is 0 Å². The van der Waals surface area contributed by atoms with Crippen LogP contribution in [0.15, 0.2) is 78.4 Å². The van der Waals surface area contributed by atoms with Gasteiger partial charge in [-0.25, -0.2) is 4.98 Å². The van der Waals surface area contributed by atoms with E-state index in [4.69, 9.17) is 10.2 Å². The molecule has 6 heteroatoms. The molecule has 0 spiro atoms. The minimum absolute atomic E-state index is 0.171. The number of Topliss-reactive ketones (excluding diaryl/α,β-unsaturated/α-hetero) is 2. The average Bonchev–Trinajstić information content (AvgIpc) is 3.52. The molecule has 0 N–H and O–H groups in total. The minimum Gasteiger partial charge on any atom is -0.294 e. The molecule has 1 aliphatic rings. The number of allylic oxidation sites excluding steroid dienone is 1. The third-order valence-corrected chi connectivity index (χ3v) is 7.60. The molecular formula is C30H19N3O2S. The predicted octanol–water partition coefficient (Wildman–Crippen LogP) is 6.71. The first-order valence-corrected chi connectivity index (χ1v) is 12.3. The molecule has 2 aromatic heterocycles. The van der Waals surface area contributed by atoms with Crippen molar-refractivity contribution in [2.75, 3.05) is 0 Å². The number of benzene rings is 3. The van der Waals surface area contributed by atoms with Crippen LogP contribution in [0.4, 0.5) is 0 Å². The van der Waals surface area contributed by atoms with Crippen molar-refractivity contribution in [3.05, 3.63) is 112 Å². The van der Waals surface area contributed by atoms with Gasteiger partial charge < -0.3 is 0 Å². The number of aromatic nitrogens is 2. The molecule has 5 aromatic rings. The van der Waals surface area contributed by atoms with E-state index in [1.54, 1.807) is 18.2 Å². The normalized spacial score (nSPS) is 12.8. The van der Waals surface area contributed by atoms with E-state index in [0.717, 1.165) is 43.4 Å². The Balaban J connectivity index is 1.51. The summed E-state index contributed by atoms with van der Waals surface area (Å²) in [6.45, 7) is 3.89. The van der Waals surface area contributed by atoms with Crippen molar-refractivity contribution in [2.45, 2.75) is 13.8 Å². The molecule has 0 saturated heterocycles. The van der Waals surface area contributed by atoms with Gasteiger partial charge in [0.05, 0.1) is 27.6 Å². The maximum absolute atomic E-state index is 13.2. The zero-order chi connectivity index (χ0) is 25.0. The number of rotatable bonds is 3. The van der Waals surface area contributed by atoms with Crippen LogP contribution < -0.4 is 0 Å². The Labute approximate surface area is 211 Å². The van der Waals surface area contributed by atoms with Crippen molar-refractivity contribution in [1.82, 2.24) is 9.55 Å². The van der Waals surface area contributed by atoms with Crippen molar-refractivity contribution < 1.29 is 9.59 Å². The Bertz CT molecular complexity index is 1740. The van der Waals surface area contributed by atoms with Gasteiger partial charge in [-0.05, 0) is 73.5 Å². The van der Waals surface area contributed by atoms with E-state index in [2.05, 4.69) is 6.07 Å². The smallest absolute Gasteiger partial charge is 0.197 e. The topological polar surface area (TPSA) is 75.8 Å². The van der Waals surface area contributed by atoms with Gasteiger partial charge in [-0.2, -0.15) is 5.26 Å². The summed E-state index contributed by atoms with van der Waals surface area (Å²) in [7, 11) is 0. The van der Waals surface area contributed by atoms with Gasteiger partial charge in [-0.3, -0.25) is 14.2 Å². The molecule has 0 unspecified atom stereocenters. The number of hydrogen-bond acceptors (Lipinski definition) is 5. The summed E-state index contributed by atoms with van der Waals surface area (Å²) < 4.78 is 2.92. The summed E-state index contributed by atoms with van der Waals surface area (Å²) in [4.78, 5) is 31.4. The molecule has 5 nitrogen and oxygen atoms in total. The highest BCUT2D eigenvalue weighted by Gasteiger charge is 2.34. The van der Waals surface area contributed by atoms with Crippen molar-refractivity contribution >= 4 is 39.3 Å². The predicted molar refractivity (Wildman–Crippen MR) is 142 cm³/mol. The van der Waals surface area contributed by atoms with Crippen LogP contribution in [0.3, 0.4) is 0 Å². The molecule has 1 aliphatic carbocycles. The number of hydrogen-bond donors (Lipinski definition) is 0. The Hall–Kier alpha value is -4.60. The number of fused-ring (bicyclic) bond motifs is 2. The van der Waals surface area contributed by atoms with Gasteiger partial charge in [0.1, 0.15) is 5.01 Å². The van der Waals surface area contributed by atoms with E-state index < -0.39 is 0 Å². The molecule has 0 atom stereocenters. The van der Waals surface area contributed by atoms with Crippen LogP contribution in [0.25, 0.3) is 32.7 Å². The van der Waals surface area contributed by atoms with Gasteiger partial charge >= 0.3 is 0 Å². The van der Waals surface area contributed by atoms with E-state index in [0.29, 0.717) is 16.7 Å². The molecule has 0 fully saturated rings. The second kappa shape index (κ2) is 8.26. The average molecular weight is 486 g/mol. The zero-order valence-electron chi connectivity index (χ0n) is 19.6. The standard InChI is InChI=1S/C30H19N3O2S/c1-17-12-23-24(13-18(17)2)28(35)25(27(23)34)14-22-15-26-29(33(22)21-6-4-3-5-7-21)32-30(36-26)20-10-8-19(16-31)9-11-20/h3-15H,1-2H3. The quantitative estimate of drug-likeness (QED) is 0.210. The van der Waals surface area contributed by atoms with E-state index in [1.165, 1.54) is 11.3 Å². The molecule has 6 rings (SSSR count). The monoisotopic (exact) mass is 485 g/mol. The number of carbonyl (C=O) groups is 2. The Morgan fingerprint density at radius 3 is 2.14 bits per heavy atom. The number of aryl methyl sites for hydroxylation is 2. The van der Waals surface area contributed by atoms with Crippen LogP contribution in [0, 0.1) is 25.2 Å². The van der Waals surface area contributed by atoms with Crippen LogP contribution in [0.5, 0.6) is 0 Å². The van der Waals surface area contributed by atoms with Crippen LogP contribution in [0.2, 0.25) is 0 Å². The highest BCUT2D eigenvalue weighted by Crippen LogP contribution is 2.36. The molecular weight excluding hydrogens is 466 g/mol. The maximum atomic E-state index is 13.2. The fraction of sp³-hybridized carbons (Fsp3) is 0.0667. The fourth-order valence-corrected chi connectivity index (χ4v) is 5.53. The summed E-state index contributed by atoms with van der Waals surface area (Å²) in [6, 6.07) is 24.9. The fourth-order valence-electron chi connectivity index (χ4n) is 4.53. The first kappa shape index (κ1) is 21.9. The van der Waals surface area contributed by atoms with Gasteiger partial charge in [0, 0.05) is 22.4 Å². The summed E-state index contributed by atoms with van der Waals surface area (Å²) in [5.41, 5.74) is 6.97. The summed E-state index contributed by atoms with van der Waals surface area (Å²) >= 11 is 1.53. The summed E-state index contributed by atoms with van der Waals surface area (Å²) in [5, 5.41) is 9.93. The van der Waals surface area contributed by atoms with E-state index >= 15 is 0 Å². The number of ketones is 2. The Morgan fingerprint density at radius 1 is 0.889 bits per heavy atom. The Morgan fingerprint density at radius 2 is 1.53 bits per heavy atom. The molecule has 3 aromatic carbocycles. The number of para-hydroxylation sites is 1. The van der Waals surface area contributed by atoms with Crippen LogP contribution in [-0.2, 0) is 0 Å². The van der Waals surface area contributed by atoms with E-state index in [1.807, 2.05) is 79.1 Å². The SMILES string of the molecule is Cc1cc2c(cc1C)C(=O)C(=Cc1cc3sc(-c4ccc(C#N)cc4)nc3n1-c1ccccc1)C2=O. The number of nitrogens with zero attached hydrogens (tertiary/aromatic N) is 3. The number of thiazole rings is 1. The van der Waals surface area contributed by atoms with E-state index in [-0.39, 0.29) is 17.1 Å². The minimum atomic E-state index is -0.242. The highest BCUT2D eigenvalue weighted by molar-refractivity contribution is 7.21. The second-order valence-electron chi connectivity index (χ2n) is 8.83. The highest BCUT2D eigenvalue weighted by atomic mass is 32.1. The first-order chi connectivity index (χ1) is 17.4. The van der Waals surface area contributed by atoms with Gasteiger partial charge in [-0.1, -0.05) is 30.3 Å². The lowest BCUT2D eigenvalue weighted by molar-refractivity contribution is 0.0990. The molecule has 36 heavy (non-hydrogen) atoms.